The van der Waals surface area contributed by atoms with Crippen molar-refractivity contribution in [2.75, 3.05) is 0 Å². The first-order valence-corrected chi connectivity index (χ1v) is 11.1. The molecule has 2 heterocycles. The third-order valence-corrected chi connectivity index (χ3v) is 6.51. The number of carboxylic acids is 1. The van der Waals surface area contributed by atoms with Crippen LogP contribution < -0.4 is 5.56 Å². The van der Waals surface area contributed by atoms with Crippen LogP contribution >= 0.6 is 11.3 Å². The van der Waals surface area contributed by atoms with Crippen LogP contribution in [0.15, 0.2) is 58.7 Å². The lowest BCUT2D eigenvalue weighted by Gasteiger charge is -2.26. The molecule has 0 aliphatic carbocycles. The number of hydrogen-bond acceptors (Lipinski definition) is 4. The molecule has 2 aromatic carbocycles. The molecule has 4 aromatic rings. The Morgan fingerprint density at radius 2 is 1.84 bits per heavy atom. The number of aromatic nitrogens is 2. The molecule has 0 radical (unpaired) electrons. The third kappa shape index (κ3) is 3.57. The second kappa shape index (κ2) is 7.78. The number of aliphatic carboxylic acids is 1. The Labute approximate surface area is 184 Å². The van der Waals surface area contributed by atoms with E-state index < -0.39 is 11.5 Å². The molecule has 0 saturated carbocycles. The summed E-state index contributed by atoms with van der Waals surface area (Å²) in [6, 6.07) is 15.7. The van der Waals surface area contributed by atoms with Gasteiger partial charge >= 0.3 is 5.97 Å². The highest BCUT2D eigenvalue weighted by molar-refractivity contribution is 7.17. The summed E-state index contributed by atoms with van der Waals surface area (Å²) >= 11 is 1.40. The molecule has 0 aliphatic rings. The van der Waals surface area contributed by atoms with Crippen molar-refractivity contribution in [3.05, 3.63) is 75.4 Å². The quantitative estimate of drug-likeness (QED) is 0.453. The van der Waals surface area contributed by atoms with Crippen molar-refractivity contribution in [1.29, 1.82) is 0 Å². The molecule has 5 nitrogen and oxygen atoms in total. The molecule has 2 aromatic heterocycles. The Balaban J connectivity index is 2.06. The zero-order chi connectivity index (χ0) is 22.3. The molecule has 0 aliphatic heterocycles. The van der Waals surface area contributed by atoms with E-state index >= 15 is 0 Å². The average Bonchev–Trinajstić information content (AvgIpc) is 3.18. The monoisotopic (exact) mass is 432 g/mol. The van der Waals surface area contributed by atoms with Crippen molar-refractivity contribution < 1.29 is 9.90 Å². The van der Waals surface area contributed by atoms with Gasteiger partial charge in [0.05, 0.1) is 5.39 Å². The highest BCUT2D eigenvalue weighted by atomic mass is 32.1. The summed E-state index contributed by atoms with van der Waals surface area (Å²) in [4.78, 5) is 31.3. The summed E-state index contributed by atoms with van der Waals surface area (Å²) in [7, 11) is 0. The van der Waals surface area contributed by atoms with Gasteiger partial charge in [0.1, 0.15) is 16.2 Å². The Bertz CT molecular complexity index is 1350. The van der Waals surface area contributed by atoms with Gasteiger partial charge in [0, 0.05) is 16.5 Å². The molecular weight excluding hydrogens is 408 g/mol. The molecule has 158 valence electrons. The van der Waals surface area contributed by atoms with Crippen LogP contribution in [0.4, 0.5) is 0 Å². The van der Waals surface area contributed by atoms with Gasteiger partial charge in [0.25, 0.3) is 5.56 Å². The summed E-state index contributed by atoms with van der Waals surface area (Å²) in [6.07, 6.45) is 0.936. The van der Waals surface area contributed by atoms with Crippen molar-refractivity contribution in [2.24, 2.45) is 0 Å². The third-order valence-electron chi connectivity index (χ3n) is 5.64. The number of carbonyl (C=O) groups is 1. The van der Waals surface area contributed by atoms with E-state index in [9.17, 15) is 14.7 Å². The maximum atomic E-state index is 13.8. The van der Waals surface area contributed by atoms with Crippen LogP contribution in [0.25, 0.3) is 32.7 Å². The van der Waals surface area contributed by atoms with E-state index in [0.717, 1.165) is 28.7 Å². The minimum atomic E-state index is -1.47. The molecule has 0 fully saturated rings. The summed E-state index contributed by atoms with van der Waals surface area (Å²) in [5.41, 5.74) is 2.83. The molecule has 0 spiro atoms. The van der Waals surface area contributed by atoms with Crippen molar-refractivity contribution >= 4 is 27.5 Å². The van der Waals surface area contributed by atoms with E-state index in [2.05, 4.69) is 6.92 Å². The first kappa shape index (κ1) is 21.0. The van der Waals surface area contributed by atoms with Crippen LogP contribution in [-0.2, 0) is 16.8 Å². The molecule has 4 rings (SSSR count). The van der Waals surface area contributed by atoms with E-state index in [1.807, 2.05) is 60.8 Å². The zero-order valence-electron chi connectivity index (χ0n) is 18.0. The van der Waals surface area contributed by atoms with Crippen molar-refractivity contribution in [3.63, 3.8) is 0 Å². The number of nitrogens with zero attached hydrogens (tertiary/aromatic N) is 2. The summed E-state index contributed by atoms with van der Waals surface area (Å²) < 4.78 is 1.32. The minimum Gasteiger partial charge on any atom is -0.480 e. The Morgan fingerprint density at radius 1 is 1.13 bits per heavy atom. The number of rotatable bonds is 5. The lowest BCUT2D eigenvalue weighted by Crippen LogP contribution is -2.44. The van der Waals surface area contributed by atoms with Crippen LogP contribution in [0.2, 0.25) is 0 Å². The first-order chi connectivity index (χ1) is 14.7. The van der Waals surface area contributed by atoms with Crippen LogP contribution in [-0.4, -0.2) is 20.6 Å². The van der Waals surface area contributed by atoms with Gasteiger partial charge in [-0.3, -0.25) is 9.36 Å². The van der Waals surface area contributed by atoms with E-state index in [-0.39, 0.29) is 5.56 Å². The first-order valence-electron chi connectivity index (χ1n) is 10.2. The molecular formula is C25H24N2O3S. The second-order valence-corrected chi connectivity index (χ2v) is 9.05. The maximum Gasteiger partial charge on any atom is 0.329 e. The molecule has 0 saturated heterocycles. The second-order valence-electron chi connectivity index (χ2n) is 8.19. The van der Waals surface area contributed by atoms with Gasteiger partial charge in [-0.2, -0.15) is 0 Å². The van der Waals surface area contributed by atoms with Gasteiger partial charge in [-0.15, -0.1) is 11.3 Å². The van der Waals surface area contributed by atoms with Crippen LogP contribution in [0.5, 0.6) is 0 Å². The minimum absolute atomic E-state index is 0.343. The summed E-state index contributed by atoms with van der Waals surface area (Å²) in [5, 5.41) is 12.3. The van der Waals surface area contributed by atoms with E-state index in [0.29, 0.717) is 16.0 Å². The summed E-state index contributed by atoms with van der Waals surface area (Å²) in [5.74, 6) is -0.725. The van der Waals surface area contributed by atoms with Gasteiger partial charge < -0.3 is 5.11 Å². The van der Waals surface area contributed by atoms with Crippen molar-refractivity contribution in [1.82, 2.24) is 9.55 Å². The van der Waals surface area contributed by atoms with E-state index in [1.54, 1.807) is 0 Å². The van der Waals surface area contributed by atoms with Crippen molar-refractivity contribution in [3.8, 4) is 22.5 Å². The van der Waals surface area contributed by atoms with Gasteiger partial charge in [0.15, 0.2) is 0 Å². The van der Waals surface area contributed by atoms with Gasteiger partial charge in [-0.05, 0) is 44.4 Å². The predicted octanol–water partition coefficient (Wildman–Crippen LogP) is 5.48. The number of aryl methyl sites for hydroxylation is 2. The maximum absolute atomic E-state index is 13.8. The topological polar surface area (TPSA) is 72.2 Å². The standard InChI is InChI=1S/C25H24N2O3S/c1-5-16-9-11-17(12-10-16)19-14-31-22-20(19)23(28)27(25(3,4)24(29)30)21(26-22)18-8-6-7-15(2)13-18/h6-14H,5H2,1-4H3,(H,29,30). The van der Waals surface area contributed by atoms with Gasteiger partial charge in [-0.25, -0.2) is 9.78 Å². The molecule has 1 N–H and O–H groups in total. The Kier molecular flexibility index (Phi) is 5.27. The number of benzene rings is 2. The smallest absolute Gasteiger partial charge is 0.329 e. The highest BCUT2D eigenvalue weighted by Crippen LogP contribution is 2.34. The number of fused-ring (bicyclic) bond motifs is 1. The number of thiophene rings is 1. The van der Waals surface area contributed by atoms with Crippen LogP contribution in [0.3, 0.4) is 0 Å². The molecule has 0 amide bonds. The molecule has 6 heteroatoms. The lowest BCUT2D eigenvalue weighted by molar-refractivity contribution is -0.145. The largest absolute Gasteiger partial charge is 0.480 e. The van der Waals surface area contributed by atoms with Gasteiger partial charge in [-0.1, -0.05) is 55.0 Å². The molecule has 0 unspecified atom stereocenters. The lowest BCUT2D eigenvalue weighted by atomic mass is 10.0. The average molecular weight is 433 g/mol. The SMILES string of the molecule is CCc1ccc(-c2csc3nc(-c4cccc(C)c4)n(C(C)(C)C(=O)O)c(=O)c23)cc1. The highest BCUT2D eigenvalue weighted by Gasteiger charge is 2.35. The fourth-order valence-corrected chi connectivity index (χ4v) is 4.65. The van der Waals surface area contributed by atoms with Crippen LogP contribution in [0.1, 0.15) is 31.9 Å². The molecule has 0 atom stereocenters. The molecule has 31 heavy (non-hydrogen) atoms. The fraction of sp³-hybridized carbons (Fsp3) is 0.240. The Morgan fingerprint density at radius 3 is 2.45 bits per heavy atom. The summed E-state index contributed by atoms with van der Waals surface area (Å²) in [6.45, 7) is 7.12. The zero-order valence-corrected chi connectivity index (χ0v) is 18.8. The van der Waals surface area contributed by atoms with E-state index in [1.165, 1.54) is 35.3 Å². The van der Waals surface area contributed by atoms with Crippen LogP contribution in [0, 0.1) is 6.92 Å². The molecule has 0 bridgehead atoms. The Hall–Kier alpha value is -3.25. The number of carboxylic acid groups (broad SMARTS) is 1. The normalized spacial score (nSPS) is 11.7. The predicted molar refractivity (Wildman–Crippen MR) is 126 cm³/mol. The number of hydrogen-bond donors (Lipinski definition) is 1. The van der Waals surface area contributed by atoms with Gasteiger partial charge in [0.2, 0.25) is 0 Å². The van der Waals surface area contributed by atoms with E-state index in [4.69, 9.17) is 4.98 Å². The fourth-order valence-electron chi connectivity index (χ4n) is 3.72. The van der Waals surface area contributed by atoms with Crippen molar-refractivity contribution in [2.45, 2.75) is 39.7 Å².